The molecular formula is C14H15BrClN3. The Hall–Kier alpha value is -1.26. The Morgan fingerprint density at radius 2 is 2.00 bits per heavy atom. The summed E-state index contributed by atoms with van der Waals surface area (Å²) in [4.78, 5) is 6.35. The molecule has 1 heterocycles. The number of nitrogens with zero attached hydrogens (tertiary/aromatic N) is 2. The van der Waals surface area contributed by atoms with Crippen molar-refractivity contribution < 1.29 is 0 Å². The highest BCUT2D eigenvalue weighted by atomic mass is 79.9. The predicted molar refractivity (Wildman–Crippen MR) is 85.7 cm³/mol. The summed E-state index contributed by atoms with van der Waals surface area (Å²) in [6.07, 6.45) is 1.72. The summed E-state index contributed by atoms with van der Waals surface area (Å²) < 4.78 is 0.862. The third kappa shape index (κ3) is 3.39. The predicted octanol–water partition coefficient (Wildman–Crippen LogP) is 4.62. The molecule has 0 amide bonds. The third-order valence-electron chi connectivity index (χ3n) is 2.76. The second-order valence-electron chi connectivity index (χ2n) is 4.50. The minimum absolute atomic E-state index is 0.585. The number of anilines is 3. The molecule has 1 aromatic carbocycles. The van der Waals surface area contributed by atoms with E-state index in [0.717, 1.165) is 10.2 Å². The first kappa shape index (κ1) is 14.2. The van der Waals surface area contributed by atoms with Crippen LogP contribution >= 0.6 is 27.5 Å². The molecule has 0 atom stereocenters. The second kappa shape index (κ2) is 5.80. The number of pyridine rings is 1. The van der Waals surface area contributed by atoms with Crippen molar-refractivity contribution in [2.24, 2.45) is 0 Å². The van der Waals surface area contributed by atoms with Gasteiger partial charge in [0.25, 0.3) is 0 Å². The number of aromatic nitrogens is 1. The molecule has 2 aromatic rings. The van der Waals surface area contributed by atoms with Gasteiger partial charge in [-0.15, -0.1) is 0 Å². The molecule has 0 fully saturated rings. The summed E-state index contributed by atoms with van der Waals surface area (Å²) in [5, 5.41) is 3.82. The highest BCUT2D eigenvalue weighted by molar-refractivity contribution is 9.10. The molecule has 0 aliphatic rings. The van der Waals surface area contributed by atoms with Crippen LogP contribution in [0.4, 0.5) is 17.2 Å². The lowest BCUT2D eigenvalue weighted by atomic mass is 10.1. The van der Waals surface area contributed by atoms with E-state index in [1.165, 1.54) is 11.3 Å². The van der Waals surface area contributed by atoms with E-state index in [2.05, 4.69) is 50.2 Å². The monoisotopic (exact) mass is 339 g/mol. The minimum Gasteiger partial charge on any atom is -0.377 e. The van der Waals surface area contributed by atoms with Crippen LogP contribution in [0.3, 0.4) is 0 Å². The molecule has 0 bridgehead atoms. The van der Waals surface area contributed by atoms with E-state index < -0.39 is 0 Å². The number of nitrogens with one attached hydrogen (secondary N) is 1. The van der Waals surface area contributed by atoms with Gasteiger partial charge in [0, 0.05) is 36.1 Å². The largest absolute Gasteiger partial charge is 0.377 e. The Labute approximate surface area is 126 Å². The summed E-state index contributed by atoms with van der Waals surface area (Å²) >= 11 is 9.49. The van der Waals surface area contributed by atoms with Crippen LogP contribution in [0.2, 0.25) is 5.02 Å². The van der Waals surface area contributed by atoms with E-state index in [-0.39, 0.29) is 0 Å². The zero-order valence-corrected chi connectivity index (χ0v) is 13.4. The van der Waals surface area contributed by atoms with Gasteiger partial charge in [-0.25, -0.2) is 4.98 Å². The zero-order chi connectivity index (χ0) is 14.0. The van der Waals surface area contributed by atoms with Gasteiger partial charge in [-0.2, -0.15) is 0 Å². The maximum atomic E-state index is 6.15. The van der Waals surface area contributed by atoms with Crippen molar-refractivity contribution in [3.8, 4) is 0 Å². The van der Waals surface area contributed by atoms with Crippen LogP contribution in [-0.2, 0) is 0 Å². The van der Waals surface area contributed by atoms with Gasteiger partial charge < -0.3 is 10.2 Å². The highest BCUT2D eigenvalue weighted by Gasteiger charge is 2.06. The van der Waals surface area contributed by atoms with Crippen LogP contribution in [0.25, 0.3) is 0 Å². The first-order chi connectivity index (χ1) is 8.97. The Bertz CT molecular complexity index is 599. The molecule has 100 valence electrons. The molecular weight excluding hydrogens is 326 g/mol. The summed E-state index contributed by atoms with van der Waals surface area (Å²) in [6.45, 7) is 2.09. The summed E-state index contributed by atoms with van der Waals surface area (Å²) in [6, 6.07) is 7.99. The fraction of sp³-hybridized carbons (Fsp3) is 0.214. The van der Waals surface area contributed by atoms with Crippen LogP contribution < -0.4 is 10.2 Å². The van der Waals surface area contributed by atoms with Gasteiger partial charge in [0.05, 0.1) is 5.02 Å². The molecule has 1 N–H and O–H groups in total. The molecule has 0 saturated carbocycles. The summed E-state index contributed by atoms with van der Waals surface area (Å²) in [5.41, 5.74) is 3.36. The van der Waals surface area contributed by atoms with E-state index in [1.807, 2.05) is 26.2 Å². The van der Waals surface area contributed by atoms with Crippen molar-refractivity contribution in [2.45, 2.75) is 6.92 Å². The fourth-order valence-electron chi connectivity index (χ4n) is 1.81. The quantitative estimate of drug-likeness (QED) is 0.884. The van der Waals surface area contributed by atoms with Crippen molar-refractivity contribution in [3.05, 3.63) is 45.5 Å². The van der Waals surface area contributed by atoms with Gasteiger partial charge in [-0.1, -0.05) is 17.7 Å². The fourth-order valence-corrected chi connectivity index (χ4v) is 2.49. The molecule has 1 aromatic heterocycles. The Morgan fingerprint density at radius 3 is 2.63 bits per heavy atom. The summed E-state index contributed by atoms with van der Waals surface area (Å²) in [7, 11) is 4.05. The van der Waals surface area contributed by atoms with Gasteiger partial charge in [0.15, 0.2) is 0 Å². The Kier molecular flexibility index (Phi) is 4.32. The van der Waals surface area contributed by atoms with Gasteiger partial charge in [-0.05, 0) is 46.6 Å². The topological polar surface area (TPSA) is 28.2 Å². The molecule has 2 rings (SSSR count). The molecule has 0 radical (unpaired) electrons. The van der Waals surface area contributed by atoms with Gasteiger partial charge in [0.2, 0.25) is 0 Å². The van der Waals surface area contributed by atoms with E-state index >= 15 is 0 Å². The van der Waals surface area contributed by atoms with Crippen LogP contribution in [0, 0.1) is 6.92 Å². The van der Waals surface area contributed by atoms with Gasteiger partial charge in [-0.3, -0.25) is 0 Å². The van der Waals surface area contributed by atoms with Crippen molar-refractivity contribution in [2.75, 3.05) is 24.3 Å². The first-order valence-electron chi connectivity index (χ1n) is 5.83. The Morgan fingerprint density at radius 1 is 1.26 bits per heavy atom. The lowest BCUT2D eigenvalue weighted by Gasteiger charge is -2.17. The molecule has 0 spiro atoms. The maximum absolute atomic E-state index is 6.15. The third-order valence-corrected chi connectivity index (χ3v) is 3.48. The number of rotatable bonds is 3. The van der Waals surface area contributed by atoms with Crippen LogP contribution in [0.1, 0.15) is 5.56 Å². The van der Waals surface area contributed by atoms with Gasteiger partial charge in [0.1, 0.15) is 5.82 Å². The minimum atomic E-state index is 0.585. The average Bonchev–Trinajstić information content (AvgIpc) is 2.34. The van der Waals surface area contributed by atoms with Crippen molar-refractivity contribution in [1.29, 1.82) is 0 Å². The number of benzene rings is 1. The number of hydrogen-bond acceptors (Lipinski definition) is 3. The Balaban J connectivity index is 2.31. The van der Waals surface area contributed by atoms with Gasteiger partial charge >= 0.3 is 0 Å². The summed E-state index contributed by atoms with van der Waals surface area (Å²) in [5.74, 6) is 0.651. The lowest BCUT2D eigenvalue weighted by molar-refractivity contribution is 1.11. The lowest BCUT2D eigenvalue weighted by Crippen LogP contribution is -2.10. The molecule has 0 saturated heterocycles. The normalized spacial score (nSPS) is 10.4. The number of hydrogen-bond donors (Lipinski definition) is 1. The van der Waals surface area contributed by atoms with Crippen molar-refractivity contribution in [3.63, 3.8) is 0 Å². The standard InChI is InChI=1S/C14H15BrClN3/c1-9-4-5-11(7-13(9)19(2)3)18-14-12(16)6-10(15)8-17-14/h4-8H,1-3H3,(H,17,18). The number of aryl methyl sites for hydroxylation is 1. The van der Waals surface area contributed by atoms with Crippen molar-refractivity contribution in [1.82, 2.24) is 4.98 Å². The van der Waals surface area contributed by atoms with E-state index in [1.54, 1.807) is 6.20 Å². The van der Waals surface area contributed by atoms with Crippen molar-refractivity contribution >= 4 is 44.7 Å². The second-order valence-corrected chi connectivity index (χ2v) is 5.83. The average molecular weight is 341 g/mol. The zero-order valence-electron chi connectivity index (χ0n) is 11.0. The molecule has 5 heteroatoms. The molecule has 0 unspecified atom stereocenters. The SMILES string of the molecule is Cc1ccc(Nc2ncc(Br)cc2Cl)cc1N(C)C. The highest BCUT2D eigenvalue weighted by Crippen LogP contribution is 2.28. The number of halogens is 2. The van der Waals surface area contributed by atoms with E-state index in [4.69, 9.17) is 11.6 Å². The van der Waals surface area contributed by atoms with E-state index in [0.29, 0.717) is 10.8 Å². The van der Waals surface area contributed by atoms with E-state index in [9.17, 15) is 0 Å². The molecule has 0 aliphatic heterocycles. The first-order valence-corrected chi connectivity index (χ1v) is 7.00. The van der Waals surface area contributed by atoms with Crippen LogP contribution in [-0.4, -0.2) is 19.1 Å². The molecule has 19 heavy (non-hydrogen) atoms. The van der Waals surface area contributed by atoms with Crippen LogP contribution in [0.5, 0.6) is 0 Å². The smallest absolute Gasteiger partial charge is 0.149 e. The molecule has 3 nitrogen and oxygen atoms in total. The molecule has 0 aliphatic carbocycles. The van der Waals surface area contributed by atoms with Crippen LogP contribution in [0.15, 0.2) is 34.9 Å². The maximum Gasteiger partial charge on any atom is 0.149 e.